The zero-order chi connectivity index (χ0) is 20.6. The molecule has 0 radical (unpaired) electrons. The Bertz CT molecular complexity index is 806. The number of nitroso groups, excluding NO2 is 1. The van der Waals surface area contributed by atoms with Crippen LogP contribution in [-0.2, 0) is 4.74 Å². The van der Waals surface area contributed by atoms with E-state index < -0.39 is 12.2 Å². The van der Waals surface area contributed by atoms with Gasteiger partial charge >= 0.3 is 6.09 Å². The molecule has 0 aromatic heterocycles. The second-order valence-corrected chi connectivity index (χ2v) is 6.92. The number of alkyl carbamates (subject to hydrolysis) is 1. The first kappa shape index (κ1) is 20.7. The number of hydrogen-bond donors (Lipinski definition) is 1. The molecule has 1 saturated heterocycles. The van der Waals surface area contributed by atoms with Gasteiger partial charge in [0.05, 0.1) is 0 Å². The van der Waals surface area contributed by atoms with Crippen molar-refractivity contribution in [2.75, 3.05) is 44.7 Å². The maximum Gasteiger partial charge on any atom is 0.407 e. The summed E-state index contributed by atoms with van der Waals surface area (Å²) in [6, 6.07) is 13.3. The molecule has 29 heavy (non-hydrogen) atoms. The number of anilines is 1. The van der Waals surface area contributed by atoms with Crippen molar-refractivity contribution in [3.63, 3.8) is 0 Å². The largest absolute Gasteiger partial charge is 0.441 e. The SMILES string of the molecule is CNC(=O)OC(CCN1CCN(c2ccc(N=O)cc2)CC1)c1ccc(F)cc1. The fourth-order valence-corrected chi connectivity index (χ4v) is 3.41. The Balaban J connectivity index is 1.54. The minimum absolute atomic E-state index is 0.319. The molecule has 0 spiro atoms. The Morgan fingerprint density at radius 2 is 1.76 bits per heavy atom. The van der Waals surface area contributed by atoms with E-state index in [9.17, 15) is 14.1 Å². The van der Waals surface area contributed by atoms with Gasteiger partial charge in [-0.1, -0.05) is 12.1 Å². The Kier molecular flexibility index (Phi) is 7.13. The summed E-state index contributed by atoms with van der Waals surface area (Å²) in [5, 5.41) is 5.39. The van der Waals surface area contributed by atoms with E-state index >= 15 is 0 Å². The minimum atomic E-state index is -0.502. The van der Waals surface area contributed by atoms with Crippen LogP contribution in [0.25, 0.3) is 0 Å². The molecule has 3 rings (SSSR count). The van der Waals surface area contributed by atoms with Crippen LogP contribution in [0, 0.1) is 10.7 Å². The lowest BCUT2D eigenvalue weighted by atomic mass is 10.1. The molecule has 1 amide bonds. The molecule has 1 aliphatic rings. The normalized spacial score (nSPS) is 15.6. The summed E-state index contributed by atoms with van der Waals surface area (Å²) in [4.78, 5) is 26.8. The van der Waals surface area contributed by atoms with Crippen LogP contribution in [0.3, 0.4) is 0 Å². The van der Waals surface area contributed by atoms with E-state index in [0.717, 1.165) is 44.0 Å². The van der Waals surface area contributed by atoms with Crippen molar-refractivity contribution < 1.29 is 13.9 Å². The van der Waals surface area contributed by atoms with Crippen molar-refractivity contribution in [2.24, 2.45) is 5.18 Å². The van der Waals surface area contributed by atoms with Gasteiger partial charge < -0.3 is 15.0 Å². The predicted molar refractivity (Wildman–Crippen MR) is 110 cm³/mol. The average Bonchev–Trinajstić information content (AvgIpc) is 2.77. The van der Waals surface area contributed by atoms with Gasteiger partial charge in [0.25, 0.3) is 0 Å². The third kappa shape index (κ3) is 5.74. The minimum Gasteiger partial charge on any atom is -0.441 e. The van der Waals surface area contributed by atoms with Gasteiger partial charge in [-0.25, -0.2) is 9.18 Å². The molecule has 0 aliphatic carbocycles. The van der Waals surface area contributed by atoms with E-state index in [4.69, 9.17) is 4.74 Å². The van der Waals surface area contributed by atoms with Crippen LogP contribution in [0.1, 0.15) is 18.1 Å². The number of carbonyl (C=O) groups excluding carboxylic acids is 1. The molecule has 8 heteroatoms. The van der Waals surface area contributed by atoms with Gasteiger partial charge in [0.15, 0.2) is 0 Å². The fraction of sp³-hybridized carbons (Fsp3) is 0.381. The number of carbonyl (C=O) groups is 1. The van der Waals surface area contributed by atoms with Gasteiger partial charge in [0, 0.05) is 51.9 Å². The third-order valence-corrected chi connectivity index (χ3v) is 5.10. The van der Waals surface area contributed by atoms with Gasteiger partial charge in [-0.3, -0.25) is 4.90 Å². The third-order valence-electron chi connectivity index (χ3n) is 5.10. The number of rotatable bonds is 7. The molecule has 0 bridgehead atoms. The summed E-state index contributed by atoms with van der Waals surface area (Å²) in [6.45, 7) is 4.26. The van der Waals surface area contributed by atoms with E-state index in [1.165, 1.54) is 19.2 Å². The lowest BCUT2D eigenvalue weighted by Crippen LogP contribution is -2.46. The molecule has 0 saturated carbocycles. The molecule has 7 nitrogen and oxygen atoms in total. The Labute approximate surface area is 169 Å². The van der Waals surface area contributed by atoms with E-state index in [1.807, 2.05) is 12.1 Å². The molecule has 2 aromatic rings. The van der Waals surface area contributed by atoms with E-state index in [1.54, 1.807) is 24.3 Å². The summed E-state index contributed by atoms with van der Waals surface area (Å²) < 4.78 is 18.7. The number of nitrogens with zero attached hydrogens (tertiary/aromatic N) is 3. The molecule has 1 unspecified atom stereocenters. The van der Waals surface area contributed by atoms with Crippen LogP contribution in [-0.4, -0.2) is 50.8 Å². The summed E-state index contributed by atoms with van der Waals surface area (Å²) >= 11 is 0. The van der Waals surface area contributed by atoms with E-state index in [-0.39, 0.29) is 5.82 Å². The number of ether oxygens (including phenoxy) is 1. The van der Waals surface area contributed by atoms with Gasteiger partial charge in [-0.15, -0.1) is 4.91 Å². The number of piperazine rings is 1. The van der Waals surface area contributed by atoms with E-state index in [0.29, 0.717) is 12.1 Å². The van der Waals surface area contributed by atoms with Crippen LogP contribution < -0.4 is 10.2 Å². The molecule has 1 fully saturated rings. The zero-order valence-corrected chi connectivity index (χ0v) is 16.4. The maximum atomic E-state index is 13.2. The van der Waals surface area contributed by atoms with Gasteiger partial charge in [-0.05, 0) is 47.1 Å². The highest BCUT2D eigenvalue weighted by Gasteiger charge is 2.21. The van der Waals surface area contributed by atoms with Crippen molar-refractivity contribution >= 4 is 17.5 Å². The lowest BCUT2D eigenvalue weighted by Gasteiger charge is -2.36. The molecular weight excluding hydrogens is 375 g/mol. The Morgan fingerprint density at radius 3 is 2.34 bits per heavy atom. The summed E-state index contributed by atoms with van der Waals surface area (Å²) in [6.07, 6.45) is -0.312. The summed E-state index contributed by atoms with van der Waals surface area (Å²) in [5.74, 6) is -0.319. The highest BCUT2D eigenvalue weighted by Crippen LogP contribution is 2.24. The highest BCUT2D eigenvalue weighted by atomic mass is 19.1. The quantitative estimate of drug-likeness (QED) is 0.715. The molecule has 1 heterocycles. The topological polar surface area (TPSA) is 74.2 Å². The van der Waals surface area contributed by atoms with Crippen LogP contribution in [0.15, 0.2) is 53.7 Å². The molecule has 154 valence electrons. The van der Waals surface area contributed by atoms with E-state index in [2.05, 4.69) is 20.3 Å². The van der Waals surface area contributed by atoms with Gasteiger partial charge in [0.2, 0.25) is 0 Å². The highest BCUT2D eigenvalue weighted by molar-refractivity contribution is 5.67. The molecular formula is C21H25FN4O3. The summed E-state index contributed by atoms with van der Waals surface area (Å²) in [5.41, 5.74) is 2.28. The second-order valence-electron chi connectivity index (χ2n) is 6.92. The van der Waals surface area contributed by atoms with Crippen LogP contribution in [0.4, 0.5) is 20.6 Å². The average molecular weight is 400 g/mol. The number of benzene rings is 2. The number of nitrogens with one attached hydrogen (secondary N) is 1. The maximum absolute atomic E-state index is 13.2. The zero-order valence-electron chi connectivity index (χ0n) is 16.4. The van der Waals surface area contributed by atoms with Crippen LogP contribution in [0.5, 0.6) is 0 Å². The first-order valence-corrected chi connectivity index (χ1v) is 9.63. The monoisotopic (exact) mass is 400 g/mol. The van der Waals surface area contributed by atoms with Crippen LogP contribution >= 0.6 is 0 Å². The number of hydrogen-bond acceptors (Lipinski definition) is 6. The smallest absolute Gasteiger partial charge is 0.407 e. The van der Waals surface area contributed by atoms with Crippen molar-refractivity contribution in [2.45, 2.75) is 12.5 Å². The van der Waals surface area contributed by atoms with Crippen molar-refractivity contribution in [1.29, 1.82) is 0 Å². The van der Waals surface area contributed by atoms with Gasteiger partial charge in [-0.2, -0.15) is 0 Å². The molecule has 1 N–H and O–H groups in total. The lowest BCUT2D eigenvalue weighted by molar-refractivity contribution is 0.0849. The van der Waals surface area contributed by atoms with Crippen molar-refractivity contribution in [3.8, 4) is 0 Å². The van der Waals surface area contributed by atoms with Crippen LogP contribution in [0.2, 0.25) is 0 Å². The molecule has 1 atom stereocenters. The molecule has 2 aromatic carbocycles. The predicted octanol–water partition coefficient (Wildman–Crippen LogP) is 3.83. The second kappa shape index (κ2) is 9.97. The number of halogens is 1. The summed E-state index contributed by atoms with van der Waals surface area (Å²) in [7, 11) is 1.51. The first-order valence-electron chi connectivity index (χ1n) is 9.63. The fourth-order valence-electron chi connectivity index (χ4n) is 3.41. The molecule has 1 aliphatic heterocycles. The first-order chi connectivity index (χ1) is 14.1. The van der Waals surface area contributed by atoms with Crippen molar-refractivity contribution in [1.82, 2.24) is 10.2 Å². The Morgan fingerprint density at radius 1 is 1.10 bits per heavy atom. The number of amides is 1. The standard InChI is InChI=1S/C21H25FN4O3/c1-23-21(27)29-20(16-2-4-17(22)5-3-16)10-11-25-12-14-26(15-13-25)19-8-6-18(24-28)7-9-19/h2-9,20H,10-15H2,1H3,(H,23,27). The van der Waals surface area contributed by atoms with Gasteiger partial charge in [0.1, 0.15) is 17.6 Å². The van der Waals surface area contributed by atoms with Crippen molar-refractivity contribution in [3.05, 3.63) is 64.8 Å². The Hall–Kier alpha value is -3.00.